The van der Waals surface area contributed by atoms with E-state index in [0.717, 1.165) is 0 Å². The van der Waals surface area contributed by atoms with Gasteiger partial charge in [-0.15, -0.1) is 0 Å². The Hall–Kier alpha value is -2.49. The van der Waals surface area contributed by atoms with E-state index in [1.165, 1.54) is 40.7 Å². The monoisotopic (exact) mass is 441 g/mol. The number of rotatable bonds is 12. The molecule has 0 aliphatic rings. The molecule has 0 saturated heterocycles. The lowest BCUT2D eigenvalue weighted by Crippen LogP contribution is -2.47. The Morgan fingerprint density at radius 1 is 0.516 bits per heavy atom. The number of carbonyl (C=O) groups excluding carboxylic acids is 5. The minimum atomic E-state index is -0.415. The lowest BCUT2D eigenvalue weighted by atomic mass is 10.1. The maximum atomic E-state index is 12.4. The molecular weight excluding hydrogens is 402 g/mol. The second-order valence-electron chi connectivity index (χ2n) is 8.63. The van der Waals surface area contributed by atoms with Gasteiger partial charge in [-0.05, 0) is 20.9 Å². The van der Waals surface area contributed by atoms with Gasteiger partial charge >= 0.3 is 0 Å². The van der Waals surface area contributed by atoms with Crippen molar-refractivity contribution in [3.63, 3.8) is 0 Å². The van der Waals surface area contributed by atoms with Crippen molar-refractivity contribution in [3.8, 4) is 0 Å². The summed E-state index contributed by atoms with van der Waals surface area (Å²) in [6, 6.07) is 0.203. The predicted octanol–water partition coefficient (Wildman–Crippen LogP) is -0.615. The third kappa shape index (κ3) is 10.4. The van der Waals surface area contributed by atoms with Gasteiger partial charge in [-0.1, -0.05) is 13.8 Å². The molecule has 0 spiro atoms. The first-order valence-electron chi connectivity index (χ1n) is 10.4. The second kappa shape index (κ2) is 13.0. The van der Waals surface area contributed by atoms with Crippen LogP contribution < -0.4 is 0 Å². The summed E-state index contributed by atoms with van der Waals surface area (Å²) in [5.74, 6) is -1.58. The molecule has 0 fully saturated rings. The van der Waals surface area contributed by atoms with E-state index >= 15 is 0 Å². The molecule has 0 N–H and O–H groups in total. The van der Waals surface area contributed by atoms with Crippen LogP contribution in [0.4, 0.5) is 0 Å². The number of likely N-dealkylation sites (N-methyl/N-ethyl adjacent to an activating group) is 5. The molecule has 0 heterocycles. The number of amides is 4. The van der Waals surface area contributed by atoms with Crippen LogP contribution in [0.3, 0.4) is 0 Å². The minimum Gasteiger partial charge on any atom is -0.337 e. The highest BCUT2D eigenvalue weighted by Crippen LogP contribution is 2.00. The quantitative estimate of drug-likeness (QED) is 0.400. The third-order valence-corrected chi connectivity index (χ3v) is 5.12. The number of ketones is 1. The number of carbonyl (C=O) groups is 5. The fourth-order valence-corrected chi connectivity index (χ4v) is 2.26. The Kier molecular flexibility index (Phi) is 12.0. The fourth-order valence-electron chi connectivity index (χ4n) is 2.26. The van der Waals surface area contributed by atoms with Gasteiger partial charge in [-0.2, -0.15) is 0 Å². The van der Waals surface area contributed by atoms with Crippen LogP contribution in [0.25, 0.3) is 0 Å². The van der Waals surface area contributed by atoms with Crippen LogP contribution in [-0.2, 0) is 24.0 Å². The first-order valence-corrected chi connectivity index (χ1v) is 10.4. The highest BCUT2D eigenvalue weighted by Gasteiger charge is 2.23. The number of Topliss-reactive ketones (excluding diaryl/α,β-unsaturated/α-hetero) is 1. The van der Waals surface area contributed by atoms with Gasteiger partial charge in [-0.25, -0.2) is 0 Å². The molecule has 0 aromatic heterocycles. The average molecular weight is 442 g/mol. The van der Waals surface area contributed by atoms with Gasteiger partial charge in [0.25, 0.3) is 0 Å². The van der Waals surface area contributed by atoms with E-state index in [2.05, 4.69) is 0 Å². The van der Waals surface area contributed by atoms with Crippen LogP contribution >= 0.6 is 0 Å². The molecule has 178 valence electrons. The van der Waals surface area contributed by atoms with Gasteiger partial charge in [0, 0.05) is 40.2 Å². The predicted molar refractivity (Wildman–Crippen MR) is 118 cm³/mol. The van der Waals surface area contributed by atoms with Crippen molar-refractivity contribution in [2.24, 2.45) is 5.92 Å². The van der Waals surface area contributed by atoms with Gasteiger partial charge in [-0.3, -0.25) is 28.9 Å². The van der Waals surface area contributed by atoms with Crippen molar-refractivity contribution in [2.75, 3.05) is 68.0 Å². The van der Waals surface area contributed by atoms with Gasteiger partial charge < -0.3 is 19.6 Å². The van der Waals surface area contributed by atoms with Crippen LogP contribution in [-0.4, -0.2) is 128 Å². The van der Waals surface area contributed by atoms with Gasteiger partial charge in [0.15, 0.2) is 5.78 Å². The normalized spacial score (nSPS) is 11.0. The molecule has 10 nitrogen and oxygen atoms in total. The van der Waals surface area contributed by atoms with E-state index in [0.29, 0.717) is 0 Å². The van der Waals surface area contributed by atoms with E-state index in [-0.39, 0.29) is 68.2 Å². The van der Waals surface area contributed by atoms with E-state index < -0.39 is 5.91 Å². The topological polar surface area (TPSA) is 102 Å². The minimum absolute atomic E-state index is 0.0106. The fraction of sp³-hybridized carbons (Fsp3) is 0.762. The van der Waals surface area contributed by atoms with Crippen molar-refractivity contribution in [1.82, 2.24) is 24.5 Å². The van der Waals surface area contributed by atoms with Gasteiger partial charge in [0.05, 0.1) is 32.7 Å². The molecule has 4 amide bonds. The molecule has 0 aliphatic carbocycles. The van der Waals surface area contributed by atoms with Crippen LogP contribution in [0.2, 0.25) is 0 Å². The summed E-state index contributed by atoms with van der Waals surface area (Å²) >= 11 is 0. The highest BCUT2D eigenvalue weighted by atomic mass is 16.2. The molecule has 31 heavy (non-hydrogen) atoms. The first-order chi connectivity index (χ1) is 14.2. The molecular formula is C21H39N5O5. The molecule has 0 bridgehead atoms. The first kappa shape index (κ1) is 28.5. The molecule has 10 heteroatoms. The molecule has 0 rings (SSSR count). The average Bonchev–Trinajstić information content (AvgIpc) is 2.66. The molecule has 0 aromatic carbocycles. The zero-order valence-electron chi connectivity index (χ0n) is 20.5. The van der Waals surface area contributed by atoms with Gasteiger partial charge in [0.2, 0.25) is 23.6 Å². The van der Waals surface area contributed by atoms with Crippen molar-refractivity contribution in [3.05, 3.63) is 0 Å². The van der Waals surface area contributed by atoms with Crippen LogP contribution in [0, 0.1) is 5.92 Å². The largest absolute Gasteiger partial charge is 0.337 e. The van der Waals surface area contributed by atoms with Crippen molar-refractivity contribution >= 4 is 29.4 Å². The molecule has 0 saturated carbocycles. The summed E-state index contributed by atoms with van der Waals surface area (Å²) in [7, 11) is 7.83. The van der Waals surface area contributed by atoms with Gasteiger partial charge in [0.1, 0.15) is 0 Å². The van der Waals surface area contributed by atoms with E-state index in [4.69, 9.17) is 0 Å². The highest BCUT2D eigenvalue weighted by molar-refractivity contribution is 5.91. The SMILES string of the molecule is CC(C)C(=O)CN(C)C(=O)CN(C)C(=O)CN(C)C(=O)CN(C)C(=O)CN(C)C(C)C. The number of hydrogen-bond acceptors (Lipinski definition) is 6. The zero-order chi connectivity index (χ0) is 24.5. The summed E-state index contributed by atoms with van der Waals surface area (Å²) in [6.45, 7) is 7.10. The van der Waals surface area contributed by atoms with Crippen molar-refractivity contribution in [2.45, 2.75) is 33.7 Å². The Morgan fingerprint density at radius 2 is 0.806 bits per heavy atom. The summed E-state index contributed by atoms with van der Waals surface area (Å²) in [4.78, 5) is 68.0. The Labute approximate surface area is 186 Å². The summed E-state index contributed by atoms with van der Waals surface area (Å²) in [6.07, 6.45) is 0. The Morgan fingerprint density at radius 3 is 1.10 bits per heavy atom. The van der Waals surface area contributed by atoms with E-state index in [9.17, 15) is 24.0 Å². The molecule has 0 aromatic rings. The lowest BCUT2D eigenvalue weighted by Gasteiger charge is -2.27. The summed E-state index contributed by atoms with van der Waals surface area (Å²) in [5.41, 5.74) is 0. The zero-order valence-corrected chi connectivity index (χ0v) is 20.5. The summed E-state index contributed by atoms with van der Waals surface area (Å²) < 4.78 is 0. The number of nitrogens with zero attached hydrogens (tertiary/aromatic N) is 5. The Bertz CT molecular complexity index is 665. The maximum Gasteiger partial charge on any atom is 0.242 e. The lowest BCUT2D eigenvalue weighted by molar-refractivity contribution is -0.144. The number of hydrogen-bond donors (Lipinski definition) is 0. The molecule has 0 unspecified atom stereocenters. The molecule has 0 radical (unpaired) electrons. The van der Waals surface area contributed by atoms with Crippen LogP contribution in [0.15, 0.2) is 0 Å². The second-order valence-corrected chi connectivity index (χ2v) is 8.63. The van der Waals surface area contributed by atoms with Crippen molar-refractivity contribution in [1.29, 1.82) is 0 Å². The van der Waals surface area contributed by atoms with E-state index in [1.807, 2.05) is 25.8 Å². The van der Waals surface area contributed by atoms with E-state index in [1.54, 1.807) is 20.9 Å². The molecule has 0 atom stereocenters. The van der Waals surface area contributed by atoms with Crippen LogP contribution in [0.5, 0.6) is 0 Å². The van der Waals surface area contributed by atoms with Crippen molar-refractivity contribution < 1.29 is 24.0 Å². The third-order valence-electron chi connectivity index (χ3n) is 5.12. The smallest absolute Gasteiger partial charge is 0.242 e. The van der Waals surface area contributed by atoms with Crippen LogP contribution in [0.1, 0.15) is 27.7 Å². The molecule has 0 aliphatic heterocycles. The summed E-state index contributed by atoms with van der Waals surface area (Å²) in [5, 5.41) is 0. The maximum absolute atomic E-state index is 12.4. The standard InChI is InChI=1S/C21H39N5O5/c1-15(2)17(27)10-23(6)19(29)12-25(8)21(31)14-26(9)20(30)13-24(7)18(28)11-22(5)16(3)4/h15-16H,10-14H2,1-9H3. The Balaban J connectivity index is 4.62.